The van der Waals surface area contributed by atoms with E-state index in [0.717, 1.165) is 12.8 Å². The number of benzene rings is 1. The highest BCUT2D eigenvalue weighted by atomic mass is 32.2. The van der Waals surface area contributed by atoms with E-state index in [0.29, 0.717) is 0 Å². The lowest BCUT2D eigenvalue weighted by atomic mass is 10.2. The van der Waals surface area contributed by atoms with Crippen molar-refractivity contribution in [3.8, 4) is 0 Å². The van der Waals surface area contributed by atoms with Gasteiger partial charge in [-0.15, -0.1) is 0 Å². The van der Waals surface area contributed by atoms with E-state index in [1.54, 1.807) is 0 Å². The van der Waals surface area contributed by atoms with E-state index < -0.39 is 22.0 Å². The molecule has 8 heteroatoms. The maximum absolute atomic E-state index is 12.1. The van der Waals surface area contributed by atoms with Crippen LogP contribution in [0.15, 0.2) is 29.2 Å². The van der Waals surface area contributed by atoms with Gasteiger partial charge in [-0.2, -0.15) is 4.72 Å². The Labute approximate surface area is 122 Å². The Hall–Kier alpha value is -1.93. The van der Waals surface area contributed by atoms with Crippen LogP contribution in [0.25, 0.3) is 0 Å². The Kier molecular flexibility index (Phi) is 4.29. The Balaban J connectivity index is 2.19. The molecule has 0 spiro atoms. The molecule has 0 unspecified atom stereocenters. The van der Waals surface area contributed by atoms with Gasteiger partial charge in [-0.3, -0.25) is 9.59 Å². The summed E-state index contributed by atoms with van der Waals surface area (Å²) in [6, 6.07) is 4.42. The summed E-state index contributed by atoms with van der Waals surface area (Å²) in [5, 5.41) is 11.5. The molecule has 0 heterocycles. The Morgan fingerprint density at radius 3 is 2.57 bits per heavy atom. The van der Waals surface area contributed by atoms with Crippen molar-refractivity contribution in [2.45, 2.75) is 36.7 Å². The van der Waals surface area contributed by atoms with E-state index in [1.165, 1.54) is 31.2 Å². The van der Waals surface area contributed by atoms with Gasteiger partial charge in [0.15, 0.2) is 0 Å². The Bertz CT molecular complexity index is 667. The van der Waals surface area contributed by atoms with E-state index in [2.05, 4.69) is 5.32 Å². The standard InChI is InChI=1S/C13H16N2O5S/c1-8(13(17)18)15-21(19,20)11-4-2-3-9(7-11)12(16)14-10-5-6-10/h2-4,7-8,10,15H,5-6H2,1H3,(H,14,16)(H,17,18)/t8-/m0/s1. The number of hydrogen-bond donors (Lipinski definition) is 3. The van der Waals surface area contributed by atoms with E-state index in [9.17, 15) is 18.0 Å². The summed E-state index contributed by atoms with van der Waals surface area (Å²) < 4.78 is 26.1. The maximum Gasteiger partial charge on any atom is 0.321 e. The summed E-state index contributed by atoms with van der Waals surface area (Å²) in [6.45, 7) is 1.23. The van der Waals surface area contributed by atoms with E-state index >= 15 is 0 Å². The average molecular weight is 312 g/mol. The zero-order chi connectivity index (χ0) is 15.6. The molecule has 0 bridgehead atoms. The normalized spacial score (nSPS) is 16.2. The summed E-state index contributed by atoms with van der Waals surface area (Å²) in [6.07, 6.45) is 1.86. The summed E-state index contributed by atoms with van der Waals surface area (Å²) in [4.78, 5) is 22.5. The third kappa shape index (κ3) is 4.02. The van der Waals surface area contributed by atoms with Gasteiger partial charge < -0.3 is 10.4 Å². The van der Waals surface area contributed by atoms with Gasteiger partial charge in [0.1, 0.15) is 6.04 Å². The molecule has 1 atom stereocenters. The van der Waals surface area contributed by atoms with Crippen LogP contribution in [0.4, 0.5) is 0 Å². The number of carboxylic acid groups (broad SMARTS) is 1. The number of carboxylic acids is 1. The van der Waals surface area contributed by atoms with Crippen molar-refractivity contribution >= 4 is 21.9 Å². The molecule has 2 rings (SSSR count). The quantitative estimate of drug-likeness (QED) is 0.700. The van der Waals surface area contributed by atoms with Crippen LogP contribution in [0.5, 0.6) is 0 Å². The van der Waals surface area contributed by atoms with Gasteiger partial charge in [0.05, 0.1) is 4.90 Å². The Morgan fingerprint density at radius 2 is 2.00 bits per heavy atom. The molecule has 1 aromatic carbocycles. The van der Waals surface area contributed by atoms with Gasteiger partial charge in [0.2, 0.25) is 10.0 Å². The number of carbonyl (C=O) groups excluding carboxylic acids is 1. The number of nitrogens with one attached hydrogen (secondary N) is 2. The molecule has 0 aliphatic heterocycles. The van der Waals surface area contributed by atoms with Crippen molar-refractivity contribution in [3.63, 3.8) is 0 Å². The molecule has 1 aromatic rings. The molecule has 1 aliphatic rings. The molecule has 1 fully saturated rings. The minimum absolute atomic E-state index is 0.140. The molecule has 0 radical (unpaired) electrons. The molecular formula is C13H16N2O5S. The lowest BCUT2D eigenvalue weighted by molar-refractivity contribution is -0.138. The lowest BCUT2D eigenvalue weighted by Gasteiger charge is -2.11. The third-order valence-electron chi connectivity index (χ3n) is 3.02. The Morgan fingerprint density at radius 1 is 1.33 bits per heavy atom. The summed E-state index contributed by atoms with van der Waals surface area (Å²) in [5.74, 6) is -1.61. The second-order valence-electron chi connectivity index (χ2n) is 4.96. The summed E-state index contributed by atoms with van der Waals surface area (Å²) in [5.41, 5.74) is 0.229. The monoisotopic (exact) mass is 312 g/mol. The second-order valence-corrected chi connectivity index (χ2v) is 6.67. The zero-order valence-corrected chi connectivity index (χ0v) is 12.2. The van der Waals surface area contributed by atoms with Crippen LogP contribution >= 0.6 is 0 Å². The van der Waals surface area contributed by atoms with E-state index in [4.69, 9.17) is 5.11 Å². The maximum atomic E-state index is 12.1. The van der Waals surface area contributed by atoms with Crippen molar-refractivity contribution in [2.24, 2.45) is 0 Å². The van der Waals surface area contributed by atoms with Crippen molar-refractivity contribution in [2.75, 3.05) is 0 Å². The first kappa shape index (κ1) is 15.5. The average Bonchev–Trinajstić information content (AvgIpc) is 3.22. The predicted octanol–water partition coefficient (Wildman–Crippen LogP) is 0.330. The fourth-order valence-corrected chi connectivity index (χ4v) is 2.89. The molecule has 7 nitrogen and oxygen atoms in total. The van der Waals surface area contributed by atoms with Gasteiger partial charge in [-0.1, -0.05) is 6.07 Å². The number of amides is 1. The van der Waals surface area contributed by atoms with Gasteiger partial charge in [-0.25, -0.2) is 8.42 Å². The van der Waals surface area contributed by atoms with Crippen molar-refractivity contribution in [1.82, 2.24) is 10.0 Å². The highest BCUT2D eigenvalue weighted by Crippen LogP contribution is 2.20. The molecule has 1 amide bonds. The fourth-order valence-electron chi connectivity index (χ4n) is 1.65. The largest absolute Gasteiger partial charge is 0.480 e. The molecule has 21 heavy (non-hydrogen) atoms. The first-order valence-electron chi connectivity index (χ1n) is 6.45. The van der Waals surface area contributed by atoms with Gasteiger partial charge in [0.25, 0.3) is 5.91 Å². The minimum Gasteiger partial charge on any atom is -0.480 e. The number of sulfonamides is 1. The van der Waals surface area contributed by atoms with Crippen LogP contribution in [-0.2, 0) is 14.8 Å². The molecule has 3 N–H and O–H groups in total. The first-order chi connectivity index (χ1) is 9.79. The SMILES string of the molecule is C[C@H](NS(=O)(=O)c1cccc(C(=O)NC2CC2)c1)C(=O)O. The van der Waals surface area contributed by atoms with E-state index in [-0.39, 0.29) is 22.4 Å². The minimum atomic E-state index is -3.98. The van der Waals surface area contributed by atoms with Crippen molar-refractivity contribution < 1.29 is 23.1 Å². The highest BCUT2D eigenvalue weighted by molar-refractivity contribution is 7.89. The van der Waals surface area contributed by atoms with Crippen LogP contribution in [0.3, 0.4) is 0 Å². The van der Waals surface area contributed by atoms with Crippen molar-refractivity contribution in [3.05, 3.63) is 29.8 Å². The van der Waals surface area contributed by atoms with E-state index in [1.807, 2.05) is 4.72 Å². The molecule has 114 valence electrons. The van der Waals surface area contributed by atoms with Gasteiger partial charge in [0, 0.05) is 11.6 Å². The lowest BCUT2D eigenvalue weighted by Crippen LogP contribution is -2.38. The van der Waals surface area contributed by atoms with Crippen LogP contribution in [0.2, 0.25) is 0 Å². The summed E-state index contributed by atoms with van der Waals surface area (Å²) in [7, 11) is -3.98. The van der Waals surface area contributed by atoms with Gasteiger partial charge >= 0.3 is 5.97 Å². The van der Waals surface area contributed by atoms with Crippen molar-refractivity contribution in [1.29, 1.82) is 0 Å². The highest BCUT2D eigenvalue weighted by Gasteiger charge is 2.25. The predicted molar refractivity (Wildman–Crippen MR) is 74.3 cm³/mol. The summed E-state index contributed by atoms with van der Waals surface area (Å²) >= 11 is 0. The van der Waals surface area contributed by atoms with Crippen LogP contribution in [0, 0.1) is 0 Å². The molecule has 1 aliphatic carbocycles. The number of carbonyl (C=O) groups is 2. The molecule has 1 saturated carbocycles. The molecule has 0 saturated heterocycles. The zero-order valence-electron chi connectivity index (χ0n) is 11.4. The van der Waals surface area contributed by atoms with Crippen LogP contribution in [0.1, 0.15) is 30.1 Å². The van der Waals surface area contributed by atoms with Crippen LogP contribution < -0.4 is 10.0 Å². The number of aliphatic carboxylic acids is 1. The molecular weight excluding hydrogens is 296 g/mol. The van der Waals surface area contributed by atoms with Crippen LogP contribution in [-0.4, -0.2) is 37.5 Å². The van der Waals surface area contributed by atoms with Gasteiger partial charge in [-0.05, 0) is 38.0 Å². The number of rotatable bonds is 6. The first-order valence-corrected chi connectivity index (χ1v) is 7.94. The molecule has 0 aromatic heterocycles. The second kappa shape index (κ2) is 5.82. The number of hydrogen-bond acceptors (Lipinski definition) is 4. The third-order valence-corrected chi connectivity index (χ3v) is 4.56. The fraction of sp³-hybridized carbons (Fsp3) is 0.385. The topological polar surface area (TPSA) is 113 Å². The smallest absolute Gasteiger partial charge is 0.321 e.